The smallest absolute Gasteiger partial charge is 0.153 e. The summed E-state index contributed by atoms with van der Waals surface area (Å²) in [6, 6.07) is 3.76. The van der Waals surface area contributed by atoms with Gasteiger partial charge in [0.05, 0.1) is 17.0 Å². The highest BCUT2D eigenvalue weighted by molar-refractivity contribution is 6.00. The van der Waals surface area contributed by atoms with Crippen LogP contribution in [0.25, 0.3) is 11.3 Å². The molecule has 0 bridgehead atoms. The molecule has 0 amide bonds. The molecule has 1 aromatic carbocycles. The average molecular weight is 304 g/mol. The third-order valence-electron chi connectivity index (χ3n) is 3.39. The number of phenols is 1. The Balaban J connectivity index is 2.79. The molecular weight excluding hydrogens is 287 g/mol. The maximum absolute atomic E-state index is 14.1. The summed E-state index contributed by atoms with van der Waals surface area (Å²) in [5, 5.41) is 30.4. The van der Waals surface area contributed by atoms with Crippen molar-refractivity contribution < 1.29 is 14.7 Å². The number of halogens is 1. The number of aromatic hydroxyl groups is 1. The van der Waals surface area contributed by atoms with Gasteiger partial charge in [-0.05, 0) is 38.5 Å². The zero-order chi connectivity index (χ0) is 16.4. The lowest BCUT2D eigenvalue weighted by atomic mass is 10.1. The summed E-state index contributed by atoms with van der Waals surface area (Å²) < 4.78 is 15.5. The number of hydrogen-bond donors (Lipinski definition) is 4. The molecule has 0 unspecified atom stereocenters. The highest BCUT2D eigenvalue weighted by Gasteiger charge is 2.22. The van der Waals surface area contributed by atoms with E-state index in [-0.39, 0.29) is 17.3 Å². The Morgan fingerprint density at radius 3 is 2.68 bits per heavy atom. The highest BCUT2D eigenvalue weighted by Crippen LogP contribution is 2.27. The summed E-state index contributed by atoms with van der Waals surface area (Å²) in [5.74, 6) is -1.04. The van der Waals surface area contributed by atoms with Crippen molar-refractivity contribution in [2.45, 2.75) is 20.8 Å². The van der Waals surface area contributed by atoms with E-state index in [0.717, 1.165) is 11.6 Å². The van der Waals surface area contributed by atoms with Crippen molar-refractivity contribution in [2.75, 3.05) is 0 Å². The molecule has 22 heavy (non-hydrogen) atoms. The Labute approximate surface area is 127 Å². The second kappa shape index (κ2) is 5.98. The maximum atomic E-state index is 14.1. The Kier molecular flexibility index (Phi) is 4.27. The van der Waals surface area contributed by atoms with Crippen LogP contribution in [-0.4, -0.2) is 25.9 Å². The predicted octanol–water partition coefficient (Wildman–Crippen LogP) is 2.75. The van der Waals surface area contributed by atoms with E-state index in [2.05, 4.69) is 5.10 Å². The van der Waals surface area contributed by atoms with Gasteiger partial charge in [-0.2, -0.15) is 5.10 Å². The number of rotatable bonds is 3. The second-order valence-electron chi connectivity index (χ2n) is 4.82. The molecule has 0 spiro atoms. The molecule has 0 atom stereocenters. The molecule has 0 saturated carbocycles. The van der Waals surface area contributed by atoms with Gasteiger partial charge in [-0.25, -0.2) is 9.07 Å². The minimum atomic E-state index is -0.636. The Morgan fingerprint density at radius 1 is 1.45 bits per heavy atom. The summed E-state index contributed by atoms with van der Waals surface area (Å²) in [6.45, 7) is 5.29. The average Bonchev–Trinajstić information content (AvgIpc) is 2.82. The SMILES string of the molecule is C/C=C(\C)c1c(C(=N)NO)c(C)nn1-c1ccc(O)cc1F. The molecule has 2 aromatic rings. The highest BCUT2D eigenvalue weighted by atomic mass is 19.1. The van der Waals surface area contributed by atoms with Crippen LogP contribution in [-0.2, 0) is 0 Å². The fourth-order valence-corrected chi connectivity index (χ4v) is 2.23. The first-order valence-electron chi connectivity index (χ1n) is 6.61. The number of allylic oxidation sites excluding steroid dienone is 2. The molecule has 116 valence electrons. The lowest BCUT2D eigenvalue weighted by molar-refractivity contribution is 0.234. The molecule has 1 aromatic heterocycles. The number of phenolic OH excluding ortho intramolecular Hbond substituents is 1. The van der Waals surface area contributed by atoms with E-state index in [4.69, 9.17) is 10.6 Å². The van der Waals surface area contributed by atoms with Gasteiger partial charge < -0.3 is 5.11 Å². The lowest BCUT2D eigenvalue weighted by Gasteiger charge is -2.11. The molecule has 7 heteroatoms. The molecule has 6 nitrogen and oxygen atoms in total. The van der Waals surface area contributed by atoms with Gasteiger partial charge in [0, 0.05) is 6.07 Å². The summed E-state index contributed by atoms with van der Waals surface area (Å²) in [6.07, 6.45) is 1.80. The van der Waals surface area contributed by atoms with Gasteiger partial charge >= 0.3 is 0 Å². The number of hydroxylamine groups is 1. The monoisotopic (exact) mass is 304 g/mol. The molecule has 0 saturated heterocycles. The molecular formula is C15H17FN4O2. The normalized spacial score (nSPS) is 11.6. The number of benzene rings is 1. The fourth-order valence-electron chi connectivity index (χ4n) is 2.23. The van der Waals surface area contributed by atoms with Gasteiger partial charge in [0.15, 0.2) is 11.7 Å². The van der Waals surface area contributed by atoms with Crippen LogP contribution in [0.2, 0.25) is 0 Å². The molecule has 1 heterocycles. The first-order chi connectivity index (χ1) is 10.4. The van der Waals surface area contributed by atoms with E-state index in [1.165, 1.54) is 16.8 Å². The number of nitrogens with one attached hydrogen (secondary N) is 2. The van der Waals surface area contributed by atoms with E-state index in [1.807, 2.05) is 6.92 Å². The molecule has 0 aliphatic rings. The number of aryl methyl sites for hydroxylation is 1. The van der Waals surface area contributed by atoms with Crippen LogP contribution in [0.5, 0.6) is 5.75 Å². The van der Waals surface area contributed by atoms with E-state index in [0.29, 0.717) is 17.0 Å². The summed E-state index contributed by atoms with van der Waals surface area (Å²) in [7, 11) is 0. The minimum Gasteiger partial charge on any atom is -0.508 e. The molecule has 0 fully saturated rings. The first kappa shape index (κ1) is 15.7. The quantitative estimate of drug-likeness (QED) is 0.398. The lowest BCUT2D eigenvalue weighted by Crippen LogP contribution is -2.20. The van der Waals surface area contributed by atoms with Gasteiger partial charge in [0.2, 0.25) is 0 Å². The van der Waals surface area contributed by atoms with Crippen LogP contribution < -0.4 is 5.48 Å². The van der Waals surface area contributed by atoms with Gasteiger partial charge in [-0.1, -0.05) is 6.08 Å². The van der Waals surface area contributed by atoms with Crippen molar-refractivity contribution in [3.05, 3.63) is 47.0 Å². The molecule has 2 rings (SSSR count). The topological polar surface area (TPSA) is 94.2 Å². The van der Waals surface area contributed by atoms with Gasteiger partial charge in [0.1, 0.15) is 11.4 Å². The van der Waals surface area contributed by atoms with Gasteiger partial charge in [-0.15, -0.1) is 0 Å². The van der Waals surface area contributed by atoms with Crippen LogP contribution in [0.3, 0.4) is 0 Å². The van der Waals surface area contributed by atoms with E-state index < -0.39 is 5.82 Å². The van der Waals surface area contributed by atoms with Crippen LogP contribution in [0.1, 0.15) is 30.8 Å². The Bertz CT molecular complexity index is 765. The van der Waals surface area contributed by atoms with Crippen molar-refractivity contribution in [2.24, 2.45) is 0 Å². The summed E-state index contributed by atoms with van der Waals surface area (Å²) in [4.78, 5) is 0. The third kappa shape index (κ3) is 2.58. The molecule has 0 radical (unpaired) electrons. The van der Waals surface area contributed by atoms with Crippen molar-refractivity contribution in [1.82, 2.24) is 15.3 Å². The van der Waals surface area contributed by atoms with Crippen molar-refractivity contribution in [3.63, 3.8) is 0 Å². The fraction of sp³-hybridized carbons (Fsp3) is 0.200. The van der Waals surface area contributed by atoms with Crippen molar-refractivity contribution in [1.29, 1.82) is 5.41 Å². The minimum absolute atomic E-state index is 0.147. The molecule has 0 aliphatic heterocycles. The number of hydrogen-bond acceptors (Lipinski definition) is 4. The third-order valence-corrected chi connectivity index (χ3v) is 3.39. The van der Waals surface area contributed by atoms with Crippen LogP contribution in [0.4, 0.5) is 4.39 Å². The van der Waals surface area contributed by atoms with Crippen molar-refractivity contribution >= 4 is 11.4 Å². The molecule has 0 aliphatic carbocycles. The van der Waals surface area contributed by atoms with Crippen LogP contribution >= 0.6 is 0 Å². The van der Waals surface area contributed by atoms with E-state index in [9.17, 15) is 9.50 Å². The summed E-state index contributed by atoms with van der Waals surface area (Å²) in [5.41, 5.74) is 4.06. The molecule has 4 N–H and O–H groups in total. The maximum Gasteiger partial charge on any atom is 0.153 e. The number of amidine groups is 1. The van der Waals surface area contributed by atoms with Gasteiger partial charge in [0.25, 0.3) is 0 Å². The Hall–Kier alpha value is -2.67. The largest absolute Gasteiger partial charge is 0.508 e. The van der Waals surface area contributed by atoms with E-state index in [1.54, 1.807) is 25.4 Å². The summed E-state index contributed by atoms with van der Waals surface area (Å²) >= 11 is 0. The van der Waals surface area contributed by atoms with Crippen molar-refractivity contribution in [3.8, 4) is 11.4 Å². The predicted molar refractivity (Wildman–Crippen MR) is 81.0 cm³/mol. The second-order valence-corrected chi connectivity index (χ2v) is 4.82. The standard InChI is InChI=1S/C15H17FN4O2/c1-4-8(2)14-13(15(17)19-22)9(3)18-20(14)12-6-5-10(21)7-11(12)16/h4-7,21-22H,1-3H3,(H2,17,19)/b8-4+. The first-order valence-corrected chi connectivity index (χ1v) is 6.61. The number of nitrogens with zero attached hydrogens (tertiary/aromatic N) is 2. The van der Waals surface area contributed by atoms with Crippen LogP contribution in [0, 0.1) is 18.2 Å². The zero-order valence-electron chi connectivity index (χ0n) is 12.5. The number of aromatic nitrogens is 2. The zero-order valence-corrected chi connectivity index (χ0v) is 12.5. The van der Waals surface area contributed by atoms with E-state index >= 15 is 0 Å². The van der Waals surface area contributed by atoms with Crippen LogP contribution in [0.15, 0.2) is 24.3 Å². The Morgan fingerprint density at radius 2 is 2.14 bits per heavy atom. The van der Waals surface area contributed by atoms with Gasteiger partial charge in [-0.3, -0.25) is 16.1 Å².